The monoisotopic (exact) mass is 547 g/mol. The van der Waals surface area contributed by atoms with Crippen molar-refractivity contribution in [2.75, 3.05) is 19.1 Å². The second-order valence-corrected chi connectivity index (χ2v) is 10.3. The quantitative estimate of drug-likeness (QED) is 0.280. The second kappa shape index (κ2) is 12.4. The first kappa shape index (κ1) is 27.6. The smallest absolute Gasteiger partial charge is 0.330 e. The van der Waals surface area contributed by atoms with Crippen LogP contribution in [0, 0.1) is 0 Å². The summed E-state index contributed by atoms with van der Waals surface area (Å²) in [5.41, 5.74) is 2.79. The number of fused-ring (bicyclic) bond motifs is 1. The van der Waals surface area contributed by atoms with Gasteiger partial charge in [0, 0.05) is 37.3 Å². The number of aromatic nitrogens is 1. The van der Waals surface area contributed by atoms with Gasteiger partial charge in [-0.3, -0.25) is 9.78 Å². The van der Waals surface area contributed by atoms with E-state index >= 15 is 0 Å². The number of para-hydroxylation sites is 1. The van der Waals surface area contributed by atoms with E-state index in [2.05, 4.69) is 15.0 Å². The van der Waals surface area contributed by atoms with Gasteiger partial charge in [0.2, 0.25) is 5.91 Å². The third kappa shape index (κ3) is 7.53. The molecule has 202 valence electrons. The maximum atomic E-state index is 13.4. The van der Waals surface area contributed by atoms with Crippen LogP contribution in [-0.2, 0) is 28.0 Å². The molecule has 0 bridgehead atoms. The van der Waals surface area contributed by atoms with Gasteiger partial charge in [-0.25, -0.2) is 9.52 Å². The molecule has 1 heterocycles. The zero-order chi connectivity index (χ0) is 27.8. The molecule has 0 fully saturated rings. The summed E-state index contributed by atoms with van der Waals surface area (Å²) in [6.45, 7) is -0.0764. The third-order valence-electron chi connectivity index (χ3n) is 6.02. The lowest BCUT2D eigenvalue weighted by atomic mass is 10.0. The van der Waals surface area contributed by atoms with Crippen molar-refractivity contribution >= 4 is 38.7 Å². The minimum absolute atomic E-state index is 0.0764. The van der Waals surface area contributed by atoms with Crippen molar-refractivity contribution < 1.29 is 22.7 Å². The molecule has 0 aliphatic carbocycles. The van der Waals surface area contributed by atoms with E-state index in [1.54, 1.807) is 44.6 Å². The maximum Gasteiger partial charge on any atom is 0.330 e. The van der Waals surface area contributed by atoms with Crippen LogP contribution in [-0.4, -0.2) is 45.5 Å². The fourth-order valence-electron chi connectivity index (χ4n) is 3.95. The first-order chi connectivity index (χ1) is 18.7. The van der Waals surface area contributed by atoms with Gasteiger partial charge in [0.25, 0.3) is 0 Å². The van der Waals surface area contributed by atoms with Crippen LogP contribution in [0.2, 0.25) is 0 Å². The highest BCUT2D eigenvalue weighted by molar-refractivity contribution is 7.88. The summed E-state index contributed by atoms with van der Waals surface area (Å²) in [5, 5.41) is 3.38. The molecule has 4 aromatic rings. The van der Waals surface area contributed by atoms with E-state index in [1.165, 1.54) is 4.90 Å². The minimum Gasteiger partial charge on any atom is -0.497 e. The number of ether oxygens (including phenoxy) is 1. The lowest BCUT2D eigenvalue weighted by molar-refractivity contribution is -0.120. The number of methoxy groups -OCH3 is 1. The Labute approximate surface area is 227 Å². The summed E-state index contributed by atoms with van der Waals surface area (Å²) >= 11 is 0. The van der Waals surface area contributed by atoms with Crippen LogP contribution in [0.1, 0.15) is 11.1 Å². The number of hydrogen-bond acceptors (Lipinski definition) is 6. The van der Waals surface area contributed by atoms with Crippen LogP contribution in [0.25, 0.3) is 10.9 Å². The Morgan fingerprint density at radius 3 is 2.36 bits per heavy atom. The van der Waals surface area contributed by atoms with Crippen molar-refractivity contribution in [1.82, 2.24) is 19.7 Å². The molecule has 3 aromatic carbocycles. The highest BCUT2D eigenvalue weighted by atomic mass is 32.2. The number of nitrogens with zero attached hydrogens (tertiary/aromatic N) is 2. The normalized spacial score (nSPS) is 11.9. The number of benzene rings is 3. The molecule has 0 spiro atoms. The van der Waals surface area contributed by atoms with Crippen LogP contribution in [0.4, 0.5) is 10.5 Å². The van der Waals surface area contributed by atoms with Crippen molar-refractivity contribution in [2.24, 2.45) is 0 Å². The number of pyridine rings is 1. The van der Waals surface area contributed by atoms with Gasteiger partial charge in [-0.2, -0.15) is 13.1 Å². The summed E-state index contributed by atoms with van der Waals surface area (Å²) in [4.78, 5) is 31.9. The number of nitrogens with one attached hydrogen (secondary N) is 3. The van der Waals surface area contributed by atoms with E-state index in [4.69, 9.17) is 4.74 Å². The summed E-state index contributed by atoms with van der Waals surface area (Å²) in [6.07, 6.45) is 1.72. The van der Waals surface area contributed by atoms with Crippen LogP contribution in [0.15, 0.2) is 91.1 Å². The Bertz CT molecular complexity index is 1550. The summed E-state index contributed by atoms with van der Waals surface area (Å²) in [7, 11) is -1.11. The van der Waals surface area contributed by atoms with Crippen molar-refractivity contribution in [1.29, 1.82) is 0 Å². The molecule has 11 heteroatoms. The highest BCUT2D eigenvalue weighted by Gasteiger charge is 2.27. The fraction of sp³-hybridized carbons (Fsp3) is 0.179. The van der Waals surface area contributed by atoms with Gasteiger partial charge in [-0.15, -0.1) is 0 Å². The molecule has 39 heavy (non-hydrogen) atoms. The van der Waals surface area contributed by atoms with E-state index in [9.17, 15) is 18.0 Å². The van der Waals surface area contributed by atoms with Crippen LogP contribution in [0.5, 0.6) is 5.75 Å². The van der Waals surface area contributed by atoms with Crippen molar-refractivity contribution in [3.63, 3.8) is 0 Å². The van der Waals surface area contributed by atoms with Crippen LogP contribution >= 0.6 is 0 Å². The van der Waals surface area contributed by atoms with E-state index in [0.717, 1.165) is 16.5 Å². The molecule has 3 amide bonds. The number of amides is 3. The topological polar surface area (TPSA) is 130 Å². The van der Waals surface area contributed by atoms with Gasteiger partial charge in [0.15, 0.2) is 0 Å². The van der Waals surface area contributed by atoms with Crippen LogP contribution in [0.3, 0.4) is 0 Å². The number of carbonyl (C=O) groups excluding carboxylic acids is 2. The van der Waals surface area contributed by atoms with Gasteiger partial charge in [-0.05, 0) is 47.5 Å². The Morgan fingerprint density at radius 1 is 0.949 bits per heavy atom. The zero-order valence-corrected chi connectivity index (χ0v) is 22.3. The highest BCUT2D eigenvalue weighted by Crippen LogP contribution is 2.19. The second-order valence-electron chi connectivity index (χ2n) is 8.77. The minimum atomic E-state index is -4.24. The molecule has 3 N–H and O–H groups in total. The molecular formula is C28H29N5O5S. The van der Waals surface area contributed by atoms with E-state index in [0.29, 0.717) is 17.0 Å². The Hall–Kier alpha value is -4.48. The molecular weight excluding hydrogens is 518 g/mol. The molecule has 0 aliphatic heterocycles. The van der Waals surface area contributed by atoms with Gasteiger partial charge >= 0.3 is 16.2 Å². The van der Waals surface area contributed by atoms with Gasteiger partial charge < -0.3 is 15.0 Å². The molecule has 0 radical (unpaired) electrons. The largest absolute Gasteiger partial charge is 0.497 e. The number of carbonyl (C=O) groups is 2. The molecule has 0 saturated heterocycles. The average Bonchev–Trinajstić information content (AvgIpc) is 2.95. The van der Waals surface area contributed by atoms with Gasteiger partial charge in [-0.1, -0.05) is 48.5 Å². The maximum absolute atomic E-state index is 13.4. The number of anilines is 1. The number of hydrogen-bond donors (Lipinski definition) is 3. The number of rotatable bonds is 10. The molecule has 0 saturated carbocycles. The number of likely N-dealkylation sites (N-methyl/N-ethyl adjacent to an activating group) is 1. The lowest BCUT2D eigenvalue weighted by Crippen LogP contribution is -2.54. The third-order valence-corrected chi connectivity index (χ3v) is 7.00. The van der Waals surface area contributed by atoms with Gasteiger partial charge in [0.1, 0.15) is 11.8 Å². The summed E-state index contributed by atoms with van der Waals surface area (Å²) in [5.74, 6) is 0.210. The molecule has 10 nitrogen and oxygen atoms in total. The lowest BCUT2D eigenvalue weighted by Gasteiger charge is -2.25. The van der Waals surface area contributed by atoms with E-state index < -0.39 is 28.2 Å². The van der Waals surface area contributed by atoms with Crippen molar-refractivity contribution in [3.8, 4) is 5.75 Å². The summed E-state index contributed by atoms with van der Waals surface area (Å²) in [6, 6.07) is 23.2. The van der Waals surface area contributed by atoms with E-state index in [-0.39, 0.29) is 13.0 Å². The first-order valence-electron chi connectivity index (χ1n) is 12.1. The molecule has 0 unspecified atom stereocenters. The number of urea groups is 1. The fourth-order valence-corrected chi connectivity index (χ4v) is 4.69. The molecule has 1 atom stereocenters. The molecule has 1 aromatic heterocycles. The summed E-state index contributed by atoms with van der Waals surface area (Å²) < 4.78 is 34.6. The van der Waals surface area contributed by atoms with Crippen molar-refractivity contribution in [3.05, 3.63) is 102 Å². The average molecular weight is 548 g/mol. The van der Waals surface area contributed by atoms with Gasteiger partial charge in [0.05, 0.1) is 12.6 Å². The zero-order valence-electron chi connectivity index (χ0n) is 21.5. The Kier molecular flexibility index (Phi) is 8.74. The van der Waals surface area contributed by atoms with Crippen LogP contribution < -0.4 is 24.4 Å². The van der Waals surface area contributed by atoms with E-state index in [1.807, 2.05) is 65.4 Å². The predicted octanol–water partition coefficient (Wildman–Crippen LogP) is 3.15. The predicted molar refractivity (Wildman–Crippen MR) is 150 cm³/mol. The first-order valence-corrected chi connectivity index (χ1v) is 13.6. The Balaban J connectivity index is 1.43. The SMILES string of the molecule is COc1ccc(N(C)C(=O)[C@H](Cc2ccccc2)NC(=O)NS(=O)(=O)NCc2cnc3ccccc3c2)cc1. The molecule has 4 rings (SSSR count). The van der Waals surface area contributed by atoms with Crippen molar-refractivity contribution in [2.45, 2.75) is 19.0 Å². The molecule has 0 aliphatic rings. The standard InChI is InChI=1S/C28H29N5O5S/c1-33(23-12-14-24(38-2)15-13-23)27(34)26(17-20-8-4-3-5-9-20)31-28(35)32-39(36,37)30-19-21-16-22-10-6-7-11-25(22)29-18-21/h3-16,18,26,30H,17,19H2,1-2H3,(H2,31,32,35)/t26-/m0/s1. The Morgan fingerprint density at radius 2 is 1.64 bits per heavy atom.